The molecular weight excluding hydrogens is 338 g/mol. The summed E-state index contributed by atoms with van der Waals surface area (Å²) in [5.41, 5.74) is 3.33. The molecule has 0 aliphatic carbocycles. The van der Waals surface area contributed by atoms with E-state index in [9.17, 15) is 4.79 Å². The van der Waals surface area contributed by atoms with E-state index in [4.69, 9.17) is 4.74 Å². The lowest BCUT2D eigenvalue weighted by Gasteiger charge is -2.41. The number of aryl methyl sites for hydroxylation is 1. The third-order valence-corrected chi connectivity index (χ3v) is 4.89. The molecule has 5 heteroatoms. The molecule has 5 nitrogen and oxygen atoms in total. The number of carbonyl (C=O) groups is 1. The Morgan fingerprint density at radius 1 is 1.11 bits per heavy atom. The summed E-state index contributed by atoms with van der Waals surface area (Å²) >= 11 is 0. The van der Waals surface area contributed by atoms with E-state index in [2.05, 4.69) is 53.2 Å². The number of carbonyl (C=O) groups excluding carboxylic acids is 1. The number of anilines is 2. The average Bonchev–Trinajstić information content (AvgIpc) is 2.65. The van der Waals surface area contributed by atoms with E-state index in [0.717, 1.165) is 31.1 Å². The van der Waals surface area contributed by atoms with E-state index in [1.54, 1.807) is 0 Å². The van der Waals surface area contributed by atoms with Crippen molar-refractivity contribution in [2.24, 2.45) is 0 Å². The fourth-order valence-electron chi connectivity index (χ4n) is 3.50. The SMILES string of the molecule is CCOc1ccc(NC(=O)CN2CCN(c3ccc(C)cc3)[C@@H](C)C2)cc1. The largest absolute Gasteiger partial charge is 0.494 e. The highest BCUT2D eigenvalue weighted by Gasteiger charge is 2.25. The van der Waals surface area contributed by atoms with Crippen LogP contribution in [0.25, 0.3) is 0 Å². The fraction of sp³-hybridized carbons (Fsp3) is 0.409. The lowest BCUT2D eigenvalue weighted by molar-refractivity contribution is -0.117. The average molecular weight is 367 g/mol. The van der Waals surface area contributed by atoms with Crippen LogP contribution in [-0.4, -0.2) is 49.6 Å². The van der Waals surface area contributed by atoms with Crippen molar-refractivity contribution in [2.45, 2.75) is 26.8 Å². The van der Waals surface area contributed by atoms with Crippen molar-refractivity contribution in [1.82, 2.24) is 4.90 Å². The van der Waals surface area contributed by atoms with Crippen LogP contribution in [0.2, 0.25) is 0 Å². The maximum Gasteiger partial charge on any atom is 0.238 e. The van der Waals surface area contributed by atoms with Gasteiger partial charge in [-0.05, 0) is 57.2 Å². The van der Waals surface area contributed by atoms with Gasteiger partial charge in [-0.25, -0.2) is 0 Å². The number of ether oxygens (including phenoxy) is 1. The van der Waals surface area contributed by atoms with Gasteiger partial charge in [-0.2, -0.15) is 0 Å². The van der Waals surface area contributed by atoms with Gasteiger partial charge in [0.05, 0.1) is 13.2 Å². The van der Waals surface area contributed by atoms with Crippen LogP contribution >= 0.6 is 0 Å². The minimum Gasteiger partial charge on any atom is -0.494 e. The summed E-state index contributed by atoms with van der Waals surface area (Å²) in [4.78, 5) is 17.0. The van der Waals surface area contributed by atoms with Crippen LogP contribution in [0.1, 0.15) is 19.4 Å². The number of nitrogens with zero attached hydrogens (tertiary/aromatic N) is 2. The van der Waals surface area contributed by atoms with Crippen molar-refractivity contribution in [2.75, 3.05) is 43.0 Å². The van der Waals surface area contributed by atoms with Crippen LogP contribution in [0.4, 0.5) is 11.4 Å². The zero-order chi connectivity index (χ0) is 19.2. The summed E-state index contributed by atoms with van der Waals surface area (Å²) in [7, 11) is 0. The molecule has 0 saturated carbocycles. The molecule has 2 aromatic rings. The van der Waals surface area contributed by atoms with Crippen molar-refractivity contribution in [1.29, 1.82) is 0 Å². The Morgan fingerprint density at radius 2 is 1.81 bits per heavy atom. The van der Waals surface area contributed by atoms with Gasteiger partial charge < -0.3 is 15.0 Å². The topological polar surface area (TPSA) is 44.8 Å². The molecule has 0 radical (unpaired) electrons. The third kappa shape index (κ3) is 5.23. The predicted molar refractivity (Wildman–Crippen MR) is 111 cm³/mol. The molecule has 1 atom stereocenters. The Morgan fingerprint density at radius 3 is 2.44 bits per heavy atom. The van der Waals surface area contributed by atoms with E-state index >= 15 is 0 Å². The number of hydrogen-bond acceptors (Lipinski definition) is 4. The number of piperazine rings is 1. The third-order valence-electron chi connectivity index (χ3n) is 4.89. The first-order valence-electron chi connectivity index (χ1n) is 9.63. The highest BCUT2D eigenvalue weighted by molar-refractivity contribution is 5.92. The van der Waals surface area contributed by atoms with Gasteiger partial charge in [-0.15, -0.1) is 0 Å². The monoisotopic (exact) mass is 367 g/mol. The zero-order valence-electron chi connectivity index (χ0n) is 16.4. The molecule has 3 rings (SSSR count). The molecule has 27 heavy (non-hydrogen) atoms. The number of nitrogens with one attached hydrogen (secondary N) is 1. The first-order chi connectivity index (χ1) is 13.0. The van der Waals surface area contributed by atoms with Gasteiger partial charge >= 0.3 is 0 Å². The van der Waals surface area contributed by atoms with Crippen molar-refractivity contribution in [3.05, 3.63) is 54.1 Å². The quantitative estimate of drug-likeness (QED) is 0.848. The first-order valence-corrected chi connectivity index (χ1v) is 9.63. The van der Waals surface area contributed by atoms with Gasteiger partial charge in [0.25, 0.3) is 0 Å². The van der Waals surface area contributed by atoms with Crippen LogP contribution in [0.15, 0.2) is 48.5 Å². The molecule has 0 bridgehead atoms. The second-order valence-corrected chi connectivity index (χ2v) is 7.12. The zero-order valence-corrected chi connectivity index (χ0v) is 16.4. The smallest absolute Gasteiger partial charge is 0.238 e. The van der Waals surface area contributed by atoms with Gasteiger partial charge in [0.15, 0.2) is 0 Å². The molecule has 144 valence electrons. The summed E-state index contributed by atoms with van der Waals surface area (Å²) in [6, 6.07) is 16.5. The van der Waals surface area contributed by atoms with Gasteiger partial charge in [0.2, 0.25) is 5.91 Å². The lowest BCUT2D eigenvalue weighted by Crippen LogP contribution is -2.53. The molecule has 1 saturated heterocycles. The Labute approximate surface area is 161 Å². The minimum absolute atomic E-state index is 0.0233. The van der Waals surface area contributed by atoms with E-state index < -0.39 is 0 Å². The molecular formula is C22H29N3O2. The summed E-state index contributed by atoms with van der Waals surface area (Å²) in [5, 5.41) is 2.97. The highest BCUT2D eigenvalue weighted by Crippen LogP contribution is 2.21. The van der Waals surface area contributed by atoms with Crippen LogP contribution in [0.5, 0.6) is 5.75 Å². The number of rotatable bonds is 6. The Kier molecular flexibility index (Phi) is 6.35. The first kappa shape index (κ1) is 19.2. The maximum atomic E-state index is 12.4. The molecule has 0 spiro atoms. The molecule has 1 amide bonds. The van der Waals surface area contributed by atoms with Crippen molar-refractivity contribution < 1.29 is 9.53 Å². The molecule has 2 aromatic carbocycles. The maximum absolute atomic E-state index is 12.4. The molecule has 0 unspecified atom stereocenters. The number of hydrogen-bond donors (Lipinski definition) is 1. The summed E-state index contributed by atoms with van der Waals surface area (Å²) in [5.74, 6) is 0.840. The molecule has 1 fully saturated rings. The van der Waals surface area contributed by atoms with E-state index in [-0.39, 0.29) is 5.91 Å². The summed E-state index contributed by atoms with van der Waals surface area (Å²) < 4.78 is 5.43. The Hall–Kier alpha value is -2.53. The summed E-state index contributed by atoms with van der Waals surface area (Å²) in [6.45, 7) is 10.0. The minimum atomic E-state index is 0.0233. The molecule has 1 aliphatic heterocycles. The number of amides is 1. The van der Waals surface area contributed by atoms with E-state index in [0.29, 0.717) is 19.2 Å². The Balaban J connectivity index is 1.50. The Bertz CT molecular complexity index is 743. The van der Waals surface area contributed by atoms with Gasteiger partial charge in [-0.1, -0.05) is 17.7 Å². The lowest BCUT2D eigenvalue weighted by atomic mass is 10.1. The predicted octanol–water partition coefficient (Wildman–Crippen LogP) is 3.54. The fourth-order valence-corrected chi connectivity index (χ4v) is 3.50. The normalized spacial score (nSPS) is 17.6. The van der Waals surface area contributed by atoms with E-state index in [1.165, 1.54) is 11.3 Å². The van der Waals surface area contributed by atoms with Crippen LogP contribution in [-0.2, 0) is 4.79 Å². The second-order valence-electron chi connectivity index (χ2n) is 7.12. The van der Waals surface area contributed by atoms with Gasteiger partial charge in [0, 0.05) is 37.1 Å². The van der Waals surface area contributed by atoms with Gasteiger partial charge in [-0.3, -0.25) is 9.69 Å². The van der Waals surface area contributed by atoms with Crippen LogP contribution in [0, 0.1) is 6.92 Å². The van der Waals surface area contributed by atoms with Gasteiger partial charge in [0.1, 0.15) is 5.75 Å². The molecule has 1 aliphatic rings. The van der Waals surface area contributed by atoms with E-state index in [1.807, 2.05) is 31.2 Å². The second kappa shape index (κ2) is 8.91. The van der Waals surface area contributed by atoms with Crippen molar-refractivity contribution in [3.63, 3.8) is 0 Å². The van der Waals surface area contributed by atoms with Crippen molar-refractivity contribution in [3.8, 4) is 5.75 Å². The van der Waals surface area contributed by atoms with Crippen LogP contribution in [0.3, 0.4) is 0 Å². The highest BCUT2D eigenvalue weighted by atomic mass is 16.5. The number of benzene rings is 2. The van der Waals surface area contributed by atoms with Crippen LogP contribution < -0.4 is 15.0 Å². The molecule has 1 heterocycles. The summed E-state index contributed by atoms with van der Waals surface area (Å²) in [6.07, 6.45) is 0. The molecule has 0 aromatic heterocycles. The van der Waals surface area contributed by atoms with Crippen molar-refractivity contribution >= 4 is 17.3 Å². The molecule has 1 N–H and O–H groups in total. The standard InChI is InChI=1S/C22H29N3O2/c1-4-27-21-11-7-19(8-12-21)23-22(26)16-24-13-14-25(18(3)15-24)20-9-5-17(2)6-10-20/h5-12,18H,4,13-16H2,1-3H3,(H,23,26)/t18-/m0/s1.